The molecule has 6 heteroatoms. The molecule has 0 fully saturated rings. The molecule has 5 nitrogen and oxygen atoms in total. The van der Waals surface area contributed by atoms with Crippen molar-refractivity contribution in [1.29, 1.82) is 5.26 Å². The monoisotopic (exact) mass is 225 g/mol. The molecular formula is C9H15N5S. The van der Waals surface area contributed by atoms with Crippen LogP contribution < -0.4 is 4.90 Å². The fourth-order valence-corrected chi connectivity index (χ4v) is 1.69. The van der Waals surface area contributed by atoms with Gasteiger partial charge in [0.1, 0.15) is 0 Å². The molecule has 0 bridgehead atoms. The second kappa shape index (κ2) is 4.94. The summed E-state index contributed by atoms with van der Waals surface area (Å²) >= 11 is 5.13. The molecule has 0 amide bonds. The molecule has 82 valence electrons. The minimum Gasteiger partial charge on any atom is -0.343 e. The van der Waals surface area contributed by atoms with Crippen molar-refractivity contribution in [2.75, 3.05) is 18.5 Å². The van der Waals surface area contributed by atoms with Gasteiger partial charge in [-0.2, -0.15) is 5.26 Å². The molecular weight excluding hydrogens is 210 g/mol. The number of nitrogens with zero attached hydrogens (tertiary/aromatic N) is 4. The van der Waals surface area contributed by atoms with Gasteiger partial charge < -0.3 is 4.90 Å². The summed E-state index contributed by atoms with van der Waals surface area (Å²) in [4.78, 5) is 1.93. The third-order valence-corrected chi connectivity index (χ3v) is 2.39. The van der Waals surface area contributed by atoms with Crippen LogP contribution in [0.15, 0.2) is 0 Å². The minimum atomic E-state index is 0.260. The summed E-state index contributed by atoms with van der Waals surface area (Å²) < 4.78 is 2.55. The van der Waals surface area contributed by atoms with Crippen molar-refractivity contribution in [3.63, 3.8) is 0 Å². The Morgan fingerprint density at radius 3 is 2.87 bits per heavy atom. The first-order valence-corrected chi connectivity index (χ1v) is 5.23. The van der Waals surface area contributed by atoms with Crippen molar-refractivity contribution in [1.82, 2.24) is 14.8 Å². The molecule has 0 aliphatic rings. The molecule has 0 radical (unpaired) electrons. The summed E-state index contributed by atoms with van der Waals surface area (Å²) in [5.41, 5.74) is 0. The van der Waals surface area contributed by atoms with Crippen molar-refractivity contribution in [2.45, 2.75) is 26.3 Å². The summed E-state index contributed by atoms with van der Waals surface area (Å²) in [5.74, 6) is 0.783. The number of nitrogens with one attached hydrogen (secondary N) is 1. The van der Waals surface area contributed by atoms with Gasteiger partial charge in [-0.05, 0) is 26.1 Å². The number of hydrogen-bond acceptors (Lipinski definition) is 4. The summed E-state index contributed by atoms with van der Waals surface area (Å²) in [7, 11) is 1.90. The van der Waals surface area contributed by atoms with Crippen LogP contribution in [0, 0.1) is 16.1 Å². The normalized spacial score (nSPS) is 10.3. The predicted molar refractivity (Wildman–Crippen MR) is 61.3 cm³/mol. The second-order valence-corrected chi connectivity index (χ2v) is 4.01. The van der Waals surface area contributed by atoms with Crippen LogP contribution in [0.3, 0.4) is 0 Å². The predicted octanol–water partition coefficient (Wildman–Crippen LogP) is 1.87. The standard InChI is InChI=1S/C9H15N5S/c1-7(2)14-8(11-12-9(14)15)13(3)6-4-5-10/h7H,4,6H2,1-3H3,(H,12,15). The number of aromatic nitrogens is 3. The zero-order valence-electron chi connectivity index (χ0n) is 9.19. The molecule has 1 rings (SSSR count). The number of hydrogen-bond donors (Lipinski definition) is 1. The highest BCUT2D eigenvalue weighted by Gasteiger charge is 2.12. The molecule has 0 aromatic carbocycles. The van der Waals surface area contributed by atoms with Crippen LogP contribution in [-0.4, -0.2) is 28.4 Å². The van der Waals surface area contributed by atoms with E-state index in [1.165, 1.54) is 0 Å². The second-order valence-electron chi connectivity index (χ2n) is 3.62. The first-order valence-electron chi connectivity index (χ1n) is 4.83. The molecule has 0 unspecified atom stereocenters. The van der Waals surface area contributed by atoms with E-state index in [9.17, 15) is 0 Å². The van der Waals surface area contributed by atoms with Crippen LogP contribution in [0.2, 0.25) is 0 Å². The van der Waals surface area contributed by atoms with Crippen molar-refractivity contribution >= 4 is 18.2 Å². The van der Waals surface area contributed by atoms with Gasteiger partial charge in [-0.3, -0.25) is 4.57 Å². The maximum atomic E-state index is 8.51. The molecule has 1 heterocycles. The highest BCUT2D eigenvalue weighted by Crippen LogP contribution is 2.15. The highest BCUT2D eigenvalue weighted by molar-refractivity contribution is 7.71. The van der Waals surface area contributed by atoms with Crippen LogP contribution in [0.1, 0.15) is 26.3 Å². The zero-order chi connectivity index (χ0) is 11.4. The van der Waals surface area contributed by atoms with Gasteiger partial charge in [-0.15, -0.1) is 5.10 Å². The number of rotatable bonds is 4. The number of H-pyrrole nitrogens is 1. The molecule has 0 saturated carbocycles. The van der Waals surface area contributed by atoms with Gasteiger partial charge in [-0.1, -0.05) is 0 Å². The van der Waals surface area contributed by atoms with Crippen LogP contribution in [0.5, 0.6) is 0 Å². The Labute approximate surface area is 94.3 Å². The molecule has 0 saturated heterocycles. The molecule has 0 spiro atoms. The summed E-state index contributed by atoms with van der Waals surface area (Å²) in [6.07, 6.45) is 0.480. The lowest BCUT2D eigenvalue weighted by atomic mass is 10.4. The summed E-state index contributed by atoms with van der Waals surface area (Å²) in [6, 6.07) is 2.37. The van der Waals surface area contributed by atoms with Gasteiger partial charge in [0, 0.05) is 19.6 Å². The van der Waals surface area contributed by atoms with Gasteiger partial charge in [0.25, 0.3) is 0 Å². The Morgan fingerprint density at radius 1 is 1.67 bits per heavy atom. The molecule has 0 aliphatic heterocycles. The van der Waals surface area contributed by atoms with Crippen LogP contribution in [-0.2, 0) is 0 Å². The van der Waals surface area contributed by atoms with E-state index in [0.29, 0.717) is 17.7 Å². The summed E-state index contributed by atoms with van der Waals surface area (Å²) in [6.45, 7) is 4.75. The van der Waals surface area contributed by atoms with Crippen LogP contribution in [0.25, 0.3) is 0 Å². The van der Waals surface area contributed by atoms with Crippen LogP contribution in [0.4, 0.5) is 5.95 Å². The van der Waals surface area contributed by atoms with E-state index in [-0.39, 0.29) is 6.04 Å². The largest absolute Gasteiger partial charge is 0.343 e. The highest BCUT2D eigenvalue weighted by atomic mass is 32.1. The number of nitriles is 1. The topological polar surface area (TPSA) is 60.6 Å². The SMILES string of the molecule is CC(C)n1c(N(C)CCC#N)n[nH]c1=S. The Balaban J connectivity index is 2.94. The van der Waals surface area contributed by atoms with Gasteiger partial charge in [0.05, 0.1) is 12.5 Å². The third-order valence-electron chi connectivity index (χ3n) is 2.10. The van der Waals surface area contributed by atoms with E-state index in [1.54, 1.807) is 0 Å². The lowest BCUT2D eigenvalue weighted by molar-refractivity contribution is 0.584. The average Bonchev–Trinajstić information content (AvgIpc) is 2.56. The molecule has 0 atom stereocenters. The first kappa shape index (κ1) is 11.7. The Morgan fingerprint density at radius 2 is 2.33 bits per heavy atom. The summed E-state index contributed by atoms with van der Waals surface area (Å²) in [5, 5.41) is 15.4. The van der Waals surface area contributed by atoms with Crippen molar-refractivity contribution in [2.24, 2.45) is 0 Å². The lowest BCUT2D eigenvalue weighted by Gasteiger charge is -2.19. The van der Waals surface area contributed by atoms with Gasteiger partial charge in [0.2, 0.25) is 5.95 Å². The number of aromatic amines is 1. The maximum absolute atomic E-state index is 8.51. The van der Waals surface area contributed by atoms with Crippen molar-refractivity contribution in [3.8, 4) is 6.07 Å². The molecule has 1 N–H and O–H groups in total. The van der Waals surface area contributed by atoms with Gasteiger partial charge >= 0.3 is 0 Å². The Hall–Kier alpha value is -1.35. The average molecular weight is 225 g/mol. The van der Waals surface area contributed by atoms with E-state index in [4.69, 9.17) is 17.5 Å². The molecule has 15 heavy (non-hydrogen) atoms. The first-order chi connectivity index (χ1) is 7.07. The van der Waals surface area contributed by atoms with E-state index in [2.05, 4.69) is 16.3 Å². The van der Waals surface area contributed by atoms with E-state index >= 15 is 0 Å². The zero-order valence-corrected chi connectivity index (χ0v) is 10.0. The van der Waals surface area contributed by atoms with E-state index < -0.39 is 0 Å². The van der Waals surface area contributed by atoms with E-state index in [1.807, 2.05) is 30.4 Å². The Bertz CT molecular complexity index is 411. The molecule has 0 aliphatic carbocycles. The van der Waals surface area contributed by atoms with Crippen LogP contribution >= 0.6 is 12.2 Å². The molecule has 1 aromatic heterocycles. The molecule has 1 aromatic rings. The lowest BCUT2D eigenvalue weighted by Crippen LogP contribution is -2.23. The smallest absolute Gasteiger partial charge is 0.225 e. The van der Waals surface area contributed by atoms with E-state index in [0.717, 1.165) is 5.95 Å². The third kappa shape index (κ3) is 2.57. The Kier molecular flexibility index (Phi) is 3.86. The van der Waals surface area contributed by atoms with Gasteiger partial charge in [0.15, 0.2) is 4.77 Å². The maximum Gasteiger partial charge on any atom is 0.225 e. The fourth-order valence-electron chi connectivity index (χ4n) is 1.35. The number of anilines is 1. The van der Waals surface area contributed by atoms with Crippen molar-refractivity contribution in [3.05, 3.63) is 4.77 Å². The quantitative estimate of drug-likeness (QED) is 0.795. The van der Waals surface area contributed by atoms with Crippen molar-refractivity contribution < 1.29 is 0 Å². The minimum absolute atomic E-state index is 0.260. The fraction of sp³-hybridized carbons (Fsp3) is 0.667. The van der Waals surface area contributed by atoms with Gasteiger partial charge in [-0.25, -0.2) is 5.10 Å².